The number of hydrogen-bond donors (Lipinski definition) is 3. The van der Waals surface area contributed by atoms with Gasteiger partial charge in [-0.3, -0.25) is 9.78 Å². The highest BCUT2D eigenvalue weighted by atomic mass is 79.9. The summed E-state index contributed by atoms with van der Waals surface area (Å²) in [6, 6.07) is 8.35. The van der Waals surface area contributed by atoms with Gasteiger partial charge in [0.1, 0.15) is 4.60 Å². The number of benzene rings is 1. The second kappa shape index (κ2) is 8.48. The van der Waals surface area contributed by atoms with Gasteiger partial charge in [0.05, 0.1) is 16.6 Å². The summed E-state index contributed by atoms with van der Waals surface area (Å²) in [4.78, 5) is 26.4. The molecule has 10 heteroatoms. The molecule has 3 heterocycles. The van der Waals surface area contributed by atoms with Gasteiger partial charge in [-0.05, 0) is 78.2 Å². The first-order valence-electron chi connectivity index (χ1n) is 12.3. The number of hydrogen-bond acceptors (Lipinski definition) is 7. The van der Waals surface area contributed by atoms with Gasteiger partial charge in [0.25, 0.3) is 0 Å². The van der Waals surface area contributed by atoms with Crippen LogP contribution in [0.15, 0.2) is 41.3 Å². The molecule has 9 nitrogen and oxygen atoms in total. The minimum atomic E-state index is -0.376. The standard InChI is InChI=1S/C26H29BrN8O/c1-25(23(36)29-2)6-5-17(13-25)32-24-31-14-19-21(27)34-35(22(19)33-24)18-10-15-4-3-9-30-20(15)16(11-18)12-26(28)7-8-26/h3-4,9-11,14,17H,5-8,12-13,28H2,1-2H3,(H,29,36)(H,31,32,33)/t17-,25-/m1/s1. The third kappa shape index (κ3) is 4.12. The predicted molar refractivity (Wildman–Crippen MR) is 143 cm³/mol. The van der Waals surface area contributed by atoms with Gasteiger partial charge in [-0.1, -0.05) is 13.0 Å². The Hall–Kier alpha value is -3.11. The summed E-state index contributed by atoms with van der Waals surface area (Å²) in [6.07, 6.45) is 8.90. The minimum Gasteiger partial charge on any atom is -0.359 e. The van der Waals surface area contributed by atoms with E-state index in [2.05, 4.69) is 54.7 Å². The molecule has 1 amide bonds. The molecule has 186 valence electrons. The molecule has 1 aromatic carbocycles. The average Bonchev–Trinajstić information content (AvgIpc) is 3.33. The molecule has 0 spiro atoms. The number of rotatable bonds is 6. The van der Waals surface area contributed by atoms with Crippen LogP contribution in [0.2, 0.25) is 0 Å². The molecular formula is C26H29BrN8O. The zero-order chi connectivity index (χ0) is 25.1. The summed E-state index contributed by atoms with van der Waals surface area (Å²) < 4.78 is 2.53. The molecule has 4 aromatic rings. The Balaban J connectivity index is 1.37. The zero-order valence-corrected chi connectivity index (χ0v) is 22.0. The highest BCUT2D eigenvalue weighted by Gasteiger charge is 2.41. The van der Waals surface area contributed by atoms with Crippen molar-refractivity contribution in [3.63, 3.8) is 0 Å². The smallest absolute Gasteiger partial charge is 0.225 e. The monoisotopic (exact) mass is 548 g/mol. The molecule has 2 aliphatic rings. The fourth-order valence-electron chi connectivity index (χ4n) is 5.40. The summed E-state index contributed by atoms with van der Waals surface area (Å²) in [5.74, 6) is 0.612. The minimum absolute atomic E-state index is 0.0808. The number of nitrogens with one attached hydrogen (secondary N) is 2. The molecule has 2 saturated carbocycles. The van der Waals surface area contributed by atoms with Crippen molar-refractivity contribution in [3.05, 3.63) is 46.8 Å². The summed E-state index contributed by atoms with van der Waals surface area (Å²) in [7, 11) is 1.69. The first kappa shape index (κ1) is 23.3. The van der Waals surface area contributed by atoms with E-state index in [0.29, 0.717) is 16.2 Å². The van der Waals surface area contributed by atoms with Crippen molar-refractivity contribution in [1.82, 2.24) is 30.0 Å². The van der Waals surface area contributed by atoms with Gasteiger partial charge < -0.3 is 16.4 Å². The fourth-order valence-corrected chi connectivity index (χ4v) is 5.84. The average molecular weight is 549 g/mol. The van der Waals surface area contributed by atoms with Crippen molar-refractivity contribution in [2.75, 3.05) is 12.4 Å². The molecule has 0 aliphatic heterocycles. The third-order valence-corrected chi connectivity index (χ3v) is 8.26. The molecule has 0 radical (unpaired) electrons. The number of nitrogens with zero attached hydrogens (tertiary/aromatic N) is 5. The number of pyridine rings is 1. The summed E-state index contributed by atoms with van der Waals surface area (Å²) >= 11 is 3.58. The van der Waals surface area contributed by atoms with Crippen LogP contribution < -0.4 is 16.4 Å². The van der Waals surface area contributed by atoms with Gasteiger partial charge in [0.2, 0.25) is 11.9 Å². The largest absolute Gasteiger partial charge is 0.359 e. The number of anilines is 1. The predicted octanol–water partition coefficient (Wildman–Crippen LogP) is 3.88. The van der Waals surface area contributed by atoms with E-state index in [1.165, 1.54) is 0 Å². The van der Waals surface area contributed by atoms with Crippen molar-refractivity contribution in [2.45, 2.75) is 57.0 Å². The lowest BCUT2D eigenvalue weighted by molar-refractivity contribution is -0.129. The van der Waals surface area contributed by atoms with Crippen LogP contribution in [0.5, 0.6) is 0 Å². The van der Waals surface area contributed by atoms with Crippen LogP contribution in [0.3, 0.4) is 0 Å². The molecule has 4 N–H and O–H groups in total. The molecule has 6 rings (SSSR count). The molecule has 36 heavy (non-hydrogen) atoms. The SMILES string of the molecule is CNC(=O)[C@]1(C)CC[C@@H](Nc2ncc3c(Br)nn(-c4cc(CC5(N)CC5)c5ncccc5c4)c3n2)C1. The number of aromatic nitrogens is 5. The number of nitrogens with two attached hydrogens (primary N) is 1. The van der Waals surface area contributed by atoms with E-state index in [9.17, 15) is 4.79 Å². The van der Waals surface area contributed by atoms with Crippen LogP contribution in [0.25, 0.3) is 27.6 Å². The van der Waals surface area contributed by atoms with Crippen molar-refractivity contribution in [1.29, 1.82) is 0 Å². The van der Waals surface area contributed by atoms with Crippen molar-refractivity contribution >= 4 is 49.7 Å². The van der Waals surface area contributed by atoms with Crippen molar-refractivity contribution < 1.29 is 4.79 Å². The van der Waals surface area contributed by atoms with Crippen LogP contribution in [0.4, 0.5) is 5.95 Å². The molecular weight excluding hydrogens is 520 g/mol. The van der Waals surface area contributed by atoms with Crippen LogP contribution in [0.1, 0.15) is 44.6 Å². The summed E-state index contributed by atoms with van der Waals surface area (Å²) in [5.41, 5.74) is 9.68. The lowest BCUT2D eigenvalue weighted by Crippen LogP contribution is -2.35. The van der Waals surface area contributed by atoms with E-state index in [-0.39, 0.29) is 22.9 Å². The maximum Gasteiger partial charge on any atom is 0.225 e. The Bertz CT molecular complexity index is 1500. The topological polar surface area (TPSA) is 124 Å². The fraction of sp³-hybridized carbons (Fsp3) is 0.423. The van der Waals surface area contributed by atoms with Crippen LogP contribution >= 0.6 is 15.9 Å². The molecule has 2 atom stereocenters. The molecule has 3 aromatic heterocycles. The van der Waals surface area contributed by atoms with Gasteiger partial charge in [-0.15, -0.1) is 0 Å². The number of carbonyl (C=O) groups excluding carboxylic acids is 1. The zero-order valence-electron chi connectivity index (χ0n) is 20.4. The Labute approximate surface area is 217 Å². The van der Waals surface area contributed by atoms with Crippen LogP contribution in [-0.2, 0) is 11.2 Å². The molecule has 0 bridgehead atoms. The van der Waals surface area contributed by atoms with E-state index in [1.54, 1.807) is 13.2 Å². The molecule has 0 unspecified atom stereocenters. The third-order valence-electron chi connectivity index (χ3n) is 7.68. The Kier molecular flexibility index (Phi) is 5.49. The molecule has 0 saturated heterocycles. The first-order valence-corrected chi connectivity index (χ1v) is 13.1. The van der Waals surface area contributed by atoms with Gasteiger partial charge in [0, 0.05) is 41.8 Å². The lowest BCUT2D eigenvalue weighted by atomic mass is 9.87. The van der Waals surface area contributed by atoms with E-state index in [1.807, 2.05) is 23.9 Å². The number of amides is 1. The molecule has 2 fully saturated rings. The van der Waals surface area contributed by atoms with Gasteiger partial charge >= 0.3 is 0 Å². The van der Waals surface area contributed by atoms with Crippen molar-refractivity contribution in [2.24, 2.45) is 11.1 Å². The second-order valence-electron chi connectivity index (χ2n) is 10.6. The van der Waals surface area contributed by atoms with Crippen molar-refractivity contribution in [3.8, 4) is 5.69 Å². The van der Waals surface area contributed by atoms with E-state index in [0.717, 1.165) is 66.1 Å². The highest BCUT2D eigenvalue weighted by molar-refractivity contribution is 9.10. The second-order valence-corrected chi connectivity index (χ2v) is 11.3. The maximum atomic E-state index is 12.3. The lowest BCUT2D eigenvalue weighted by Gasteiger charge is -2.22. The Morgan fingerprint density at radius 2 is 2.11 bits per heavy atom. The first-order chi connectivity index (χ1) is 17.3. The van der Waals surface area contributed by atoms with Crippen LogP contribution in [-0.4, -0.2) is 49.3 Å². The number of carbonyl (C=O) groups is 1. The van der Waals surface area contributed by atoms with E-state index in [4.69, 9.17) is 15.8 Å². The van der Waals surface area contributed by atoms with E-state index < -0.39 is 0 Å². The van der Waals surface area contributed by atoms with Crippen LogP contribution in [0, 0.1) is 5.41 Å². The summed E-state index contributed by atoms with van der Waals surface area (Å²) in [6.45, 7) is 2.02. The molecule has 2 aliphatic carbocycles. The number of fused-ring (bicyclic) bond motifs is 2. The van der Waals surface area contributed by atoms with Gasteiger partial charge in [-0.2, -0.15) is 10.1 Å². The Morgan fingerprint density at radius 1 is 1.28 bits per heavy atom. The van der Waals surface area contributed by atoms with E-state index >= 15 is 0 Å². The quantitative estimate of drug-likeness (QED) is 0.334. The highest BCUT2D eigenvalue weighted by Crippen LogP contribution is 2.40. The Morgan fingerprint density at radius 3 is 2.89 bits per heavy atom. The van der Waals surface area contributed by atoms with Gasteiger partial charge in [0.15, 0.2) is 5.65 Å². The normalized spacial score (nSPS) is 22.7. The maximum absolute atomic E-state index is 12.3. The summed E-state index contributed by atoms with van der Waals surface area (Å²) in [5, 5.41) is 12.9. The van der Waals surface area contributed by atoms with Gasteiger partial charge in [-0.25, -0.2) is 9.67 Å². The number of halogens is 1.